The third-order valence-electron chi connectivity index (χ3n) is 4.36. The number of rotatable bonds is 8. The van der Waals surface area contributed by atoms with Crippen molar-refractivity contribution < 1.29 is 0 Å². The molecule has 1 aromatic heterocycles. The maximum atomic E-state index is 3.68. The molecule has 0 aliphatic carbocycles. The quantitative estimate of drug-likeness (QED) is 0.765. The molecule has 2 atom stereocenters. The first kappa shape index (κ1) is 18.7. The highest BCUT2D eigenvalue weighted by Crippen LogP contribution is 2.24. The standard InChI is InChI=1S/C18H34N2S/c1-8-18(6,13-19-17(3,4)5)14-20(7)15(2)12-16-10-9-11-21-16/h9-11,15,19H,8,12-14H2,1-7H3. The number of likely N-dealkylation sites (N-methyl/N-ethyl adjacent to an activating group) is 1. The number of nitrogens with zero attached hydrogens (tertiary/aromatic N) is 1. The third kappa shape index (κ3) is 6.94. The summed E-state index contributed by atoms with van der Waals surface area (Å²) in [7, 11) is 2.27. The van der Waals surface area contributed by atoms with Crippen LogP contribution >= 0.6 is 11.3 Å². The Labute approximate surface area is 135 Å². The lowest BCUT2D eigenvalue weighted by atomic mass is 9.85. The monoisotopic (exact) mass is 310 g/mol. The van der Waals surface area contributed by atoms with Gasteiger partial charge in [0, 0.05) is 29.5 Å². The predicted molar refractivity (Wildman–Crippen MR) is 96.3 cm³/mol. The van der Waals surface area contributed by atoms with Crippen molar-refractivity contribution in [3.05, 3.63) is 22.4 Å². The molecule has 1 heterocycles. The fraction of sp³-hybridized carbons (Fsp3) is 0.778. The van der Waals surface area contributed by atoms with Crippen LogP contribution in [0, 0.1) is 5.41 Å². The SMILES string of the molecule is CCC(C)(CNC(C)(C)C)CN(C)C(C)Cc1cccs1. The van der Waals surface area contributed by atoms with E-state index < -0.39 is 0 Å². The van der Waals surface area contributed by atoms with Gasteiger partial charge in [-0.1, -0.05) is 19.9 Å². The van der Waals surface area contributed by atoms with Crippen molar-refractivity contribution in [1.82, 2.24) is 10.2 Å². The Hall–Kier alpha value is -0.380. The van der Waals surface area contributed by atoms with E-state index in [9.17, 15) is 0 Å². The van der Waals surface area contributed by atoms with Crippen LogP contribution in [0.4, 0.5) is 0 Å². The van der Waals surface area contributed by atoms with Gasteiger partial charge >= 0.3 is 0 Å². The molecule has 0 bridgehead atoms. The lowest BCUT2D eigenvalue weighted by Crippen LogP contribution is -2.48. The smallest absolute Gasteiger partial charge is 0.0112 e. The first-order valence-corrected chi connectivity index (χ1v) is 9.01. The van der Waals surface area contributed by atoms with Crippen LogP contribution in [0.1, 0.15) is 52.8 Å². The number of nitrogens with one attached hydrogen (secondary N) is 1. The van der Waals surface area contributed by atoms with Crippen molar-refractivity contribution in [1.29, 1.82) is 0 Å². The van der Waals surface area contributed by atoms with Gasteiger partial charge in [0.15, 0.2) is 0 Å². The number of thiophene rings is 1. The van der Waals surface area contributed by atoms with Gasteiger partial charge < -0.3 is 10.2 Å². The van der Waals surface area contributed by atoms with Crippen LogP contribution in [0.2, 0.25) is 0 Å². The molecule has 0 aromatic carbocycles. The molecule has 0 saturated heterocycles. The topological polar surface area (TPSA) is 15.3 Å². The van der Waals surface area contributed by atoms with Crippen LogP contribution in [-0.4, -0.2) is 36.6 Å². The van der Waals surface area contributed by atoms with Gasteiger partial charge in [-0.25, -0.2) is 0 Å². The van der Waals surface area contributed by atoms with Crippen molar-refractivity contribution in [2.75, 3.05) is 20.1 Å². The summed E-state index contributed by atoms with van der Waals surface area (Å²) in [5, 5.41) is 5.85. The van der Waals surface area contributed by atoms with Crippen LogP contribution in [-0.2, 0) is 6.42 Å². The Bertz CT molecular complexity index is 394. The van der Waals surface area contributed by atoms with Crippen molar-refractivity contribution in [2.45, 2.75) is 66.0 Å². The Morgan fingerprint density at radius 3 is 2.43 bits per heavy atom. The fourth-order valence-electron chi connectivity index (χ4n) is 2.40. The Morgan fingerprint density at radius 2 is 1.95 bits per heavy atom. The lowest BCUT2D eigenvalue weighted by Gasteiger charge is -2.38. The summed E-state index contributed by atoms with van der Waals surface area (Å²) in [6.45, 7) is 16.0. The summed E-state index contributed by atoms with van der Waals surface area (Å²) in [6, 6.07) is 4.98. The van der Waals surface area contributed by atoms with Gasteiger partial charge in [-0.05, 0) is 64.4 Å². The molecule has 1 rings (SSSR count). The average Bonchev–Trinajstić information content (AvgIpc) is 2.88. The molecule has 3 heteroatoms. The van der Waals surface area contributed by atoms with Crippen molar-refractivity contribution in [3.63, 3.8) is 0 Å². The molecule has 0 saturated carbocycles. The van der Waals surface area contributed by atoms with Gasteiger partial charge in [-0.15, -0.1) is 11.3 Å². The van der Waals surface area contributed by atoms with E-state index in [0.29, 0.717) is 11.5 Å². The van der Waals surface area contributed by atoms with E-state index in [2.05, 4.69) is 76.3 Å². The van der Waals surface area contributed by atoms with Crippen LogP contribution in [0.3, 0.4) is 0 Å². The molecule has 21 heavy (non-hydrogen) atoms. The first-order valence-electron chi connectivity index (χ1n) is 8.13. The normalized spacial score (nSPS) is 17.0. The molecule has 122 valence electrons. The average molecular weight is 311 g/mol. The molecular weight excluding hydrogens is 276 g/mol. The van der Waals surface area contributed by atoms with Gasteiger partial charge in [-0.3, -0.25) is 0 Å². The fourth-order valence-corrected chi connectivity index (χ4v) is 3.23. The van der Waals surface area contributed by atoms with Gasteiger partial charge in [0.2, 0.25) is 0 Å². The first-order chi connectivity index (χ1) is 9.65. The summed E-state index contributed by atoms with van der Waals surface area (Å²) in [6.07, 6.45) is 2.35. The zero-order valence-corrected chi connectivity index (χ0v) is 15.8. The van der Waals surface area contributed by atoms with Crippen LogP contribution in [0.5, 0.6) is 0 Å². The van der Waals surface area contributed by atoms with Gasteiger partial charge in [-0.2, -0.15) is 0 Å². The van der Waals surface area contributed by atoms with E-state index in [0.717, 1.165) is 19.5 Å². The van der Waals surface area contributed by atoms with Crippen molar-refractivity contribution >= 4 is 11.3 Å². The molecule has 1 N–H and O–H groups in total. The molecule has 0 spiro atoms. The minimum Gasteiger partial charge on any atom is -0.311 e. The summed E-state index contributed by atoms with van der Waals surface area (Å²) < 4.78 is 0. The van der Waals surface area contributed by atoms with E-state index >= 15 is 0 Å². The third-order valence-corrected chi connectivity index (χ3v) is 5.26. The summed E-state index contributed by atoms with van der Waals surface area (Å²) >= 11 is 1.87. The van der Waals surface area contributed by atoms with E-state index in [1.807, 2.05) is 11.3 Å². The van der Waals surface area contributed by atoms with Gasteiger partial charge in [0.05, 0.1) is 0 Å². The molecule has 2 unspecified atom stereocenters. The van der Waals surface area contributed by atoms with E-state index in [4.69, 9.17) is 0 Å². The second kappa shape index (κ2) is 7.75. The summed E-state index contributed by atoms with van der Waals surface area (Å²) in [5.41, 5.74) is 0.517. The van der Waals surface area contributed by atoms with Gasteiger partial charge in [0.25, 0.3) is 0 Å². The maximum absolute atomic E-state index is 3.68. The molecule has 0 aliphatic rings. The van der Waals surface area contributed by atoms with Crippen molar-refractivity contribution in [3.8, 4) is 0 Å². The molecule has 0 radical (unpaired) electrons. The van der Waals surface area contributed by atoms with Crippen LogP contribution in [0.15, 0.2) is 17.5 Å². The second-order valence-electron chi connectivity index (χ2n) is 7.82. The Balaban J connectivity index is 2.54. The zero-order valence-electron chi connectivity index (χ0n) is 15.0. The Morgan fingerprint density at radius 1 is 1.29 bits per heavy atom. The lowest BCUT2D eigenvalue weighted by molar-refractivity contribution is 0.139. The predicted octanol–water partition coefficient (Wildman–Crippen LogP) is 4.42. The molecule has 0 aliphatic heterocycles. The Kier molecular flexibility index (Phi) is 6.89. The van der Waals surface area contributed by atoms with E-state index in [1.165, 1.54) is 11.3 Å². The van der Waals surface area contributed by atoms with Gasteiger partial charge in [0.1, 0.15) is 0 Å². The molecule has 0 amide bonds. The maximum Gasteiger partial charge on any atom is 0.0112 e. The zero-order chi connectivity index (χ0) is 16.1. The molecule has 1 aromatic rings. The number of hydrogen-bond acceptors (Lipinski definition) is 3. The highest BCUT2D eigenvalue weighted by atomic mass is 32.1. The van der Waals surface area contributed by atoms with E-state index in [1.54, 1.807) is 0 Å². The number of hydrogen-bond donors (Lipinski definition) is 1. The summed E-state index contributed by atoms with van der Waals surface area (Å²) in [4.78, 5) is 4.01. The highest BCUT2D eigenvalue weighted by molar-refractivity contribution is 7.09. The minimum atomic E-state index is 0.192. The highest BCUT2D eigenvalue weighted by Gasteiger charge is 2.27. The second-order valence-corrected chi connectivity index (χ2v) is 8.85. The summed E-state index contributed by atoms with van der Waals surface area (Å²) in [5.74, 6) is 0. The largest absolute Gasteiger partial charge is 0.311 e. The van der Waals surface area contributed by atoms with Crippen LogP contribution in [0.25, 0.3) is 0 Å². The molecule has 0 fully saturated rings. The molecular formula is C18H34N2S. The van der Waals surface area contributed by atoms with E-state index in [-0.39, 0.29) is 5.54 Å². The van der Waals surface area contributed by atoms with Crippen molar-refractivity contribution in [2.24, 2.45) is 5.41 Å². The van der Waals surface area contributed by atoms with Crippen LogP contribution < -0.4 is 5.32 Å². The molecule has 2 nitrogen and oxygen atoms in total. The minimum absolute atomic E-state index is 0.192.